The maximum atomic E-state index is 13.0. The van der Waals surface area contributed by atoms with Gasteiger partial charge in [0, 0.05) is 37.7 Å². The van der Waals surface area contributed by atoms with Crippen molar-refractivity contribution in [1.29, 1.82) is 0 Å². The summed E-state index contributed by atoms with van der Waals surface area (Å²) in [6, 6.07) is 3.06. The number of nitrogens with zero attached hydrogens (tertiary/aromatic N) is 1. The van der Waals surface area contributed by atoms with E-state index in [2.05, 4.69) is 10.1 Å². The molecule has 150 valence electrons. The molecule has 1 aromatic rings. The average molecular weight is 383 g/mol. The first kappa shape index (κ1) is 21.1. The third-order valence-electron chi connectivity index (χ3n) is 4.71. The summed E-state index contributed by atoms with van der Waals surface area (Å²) >= 11 is 0. The molecule has 1 heterocycles. The Labute approximate surface area is 158 Å². The zero-order valence-corrected chi connectivity index (χ0v) is 15.8. The summed E-state index contributed by atoms with van der Waals surface area (Å²) in [6.07, 6.45) is 2.94. The van der Waals surface area contributed by atoms with Crippen molar-refractivity contribution in [3.8, 4) is 5.75 Å². The number of carbonyl (C=O) groups is 2. The number of rotatable bonds is 7. The number of amides is 2. The van der Waals surface area contributed by atoms with E-state index in [0.29, 0.717) is 29.8 Å². The molecule has 1 aliphatic rings. The normalized spacial score (nSPS) is 17.1. The van der Waals surface area contributed by atoms with Crippen LogP contribution in [-0.4, -0.2) is 49.0 Å². The van der Waals surface area contributed by atoms with Crippen LogP contribution in [0, 0.1) is 13.8 Å². The number of alkyl halides is 2. The average Bonchev–Trinajstić information content (AvgIpc) is 2.62. The first-order chi connectivity index (χ1) is 12.8. The molecular weight excluding hydrogens is 356 g/mol. The number of benzene rings is 1. The number of carbonyl (C=O) groups excluding carboxylic acids is 2. The van der Waals surface area contributed by atoms with Gasteiger partial charge in [-0.05, 0) is 56.4 Å². The Hall–Kier alpha value is -2.22. The number of nitrogens with two attached hydrogens (primary N) is 1. The van der Waals surface area contributed by atoms with E-state index in [1.54, 1.807) is 30.9 Å². The molecule has 1 fully saturated rings. The Kier molecular flexibility index (Phi) is 7.53. The minimum atomic E-state index is -2.91. The molecular formula is C19H27F2N3O3. The number of nitrogens with one attached hydrogen (secondary N) is 1. The van der Waals surface area contributed by atoms with E-state index in [-0.39, 0.29) is 36.6 Å². The fourth-order valence-corrected chi connectivity index (χ4v) is 3.45. The first-order valence-electron chi connectivity index (χ1n) is 9.17. The van der Waals surface area contributed by atoms with Crippen molar-refractivity contribution in [1.82, 2.24) is 10.2 Å². The van der Waals surface area contributed by atoms with Gasteiger partial charge in [-0.15, -0.1) is 0 Å². The lowest BCUT2D eigenvalue weighted by Crippen LogP contribution is -2.49. The number of piperidine rings is 1. The molecule has 1 saturated heterocycles. The van der Waals surface area contributed by atoms with Gasteiger partial charge in [0.2, 0.25) is 5.91 Å². The minimum Gasteiger partial charge on any atom is -0.434 e. The number of likely N-dealkylation sites (tertiary alicyclic amines) is 1. The second-order valence-electron chi connectivity index (χ2n) is 6.81. The Bertz CT molecular complexity index is 659. The van der Waals surface area contributed by atoms with E-state index in [0.717, 1.165) is 19.3 Å². The highest BCUT2D eigenvalue weighted by Crippen LogP contribution is 2.28. The smallest absolute Gasteiger partial charge is 0.387 e. The summed E-state index contributed by atoms with van der Waals surface area (Å²) in [6.45, 7) is 1.64. The highest BCUT2D eigenvalue weighted by molar-refractivity contribution is 5.95. The van der Waals surface area contributed by atoms with Crippen molar-refractivity contribution in [2.45, 2.75) is 52.2 Å². The zero-order valence-electron chi connectivity index (χ0n) is 15.8. The van der Waals surface area contributed by atoms with E-state index in [9.17, 15) is 18.4 Å². The molecule has 2 amide bonds. The Morgan fingerprint density at radius 1 is 1.30 bits per heavy atom. The van der Waals surface area contributed by atoms with Gasteiger partial charge >= 0.3 is 6.61 Å². The number of ether oxygens (including phenoxy) is 1. The lowest BCUT2D eigenvalue weighted by atomic mass is 9.99. The molecule has 0 aliphatic carbocycles. The van der Waals surface area contributed by atoms with Crippen LogP contribution in [0.4, 0.5) is 8.78 Å². The molecule has 3 N–H and O–H groups in total. The summed E-state index contributed by atoms with van der Waals surface area (Å²) < 4.78 is 29.6. The van der Waals surface area contributed by atoms with Crippen LogP contribution < -0.4 is 15.8 Å². The van der Waals surface area contributed by atoms with Gasteiger partial charge in [-0.25, -0.2) is 0 Å². The quantitative estimate of drug-likeness (QED) is 0.757. The van der Waals surface area contributed by atoms with Gasteiger partial charge < -0.3 is 20.7 Å². The van der Waals surface area contributed by atoms with Gasteiger partial charge in [0.1, 0.15) is 5.75 Å². The fourth-order valence-electron chi connectivity index (χ4n) is 3.45. The maximum absolute atomic E-state index is 13.0. The number of hydrogen-bond acceptors (Lipinski definition) is 4. The summed E-state index contributed by atoms with van der Waals surface area (Å²) in [4.78, 5) is 26.5. The van der Waals surface area contributed by atoms with Gasteiger partial charge in [0.05, 0.1) is 0 Å². The molecule has 6 nitrogen and oxygen atoms in total. The predicted molar refractivity (Wildman–Crippen MR) is 97.9 cm³/mol. The molecule has 1 aromatic carbocycles. The molecule has 8 heteroatoms. The van der Waals surface area contributed by atoms with Crippen molar-refractivity contribution in [2.75, 3.05) is 19.6 Å². The highest BCUT2D eigenvalue weighted by atomic mass is 19.3. The number of hydrogen-bond donors (Lipinski definition) is 2. The Morgan fingerprint density at radius 3 is 2.56 bits per heavy atom. The van der Waals surface area contributed by atoms with Crippen LogP contribution in [0.2, 0.25) is 0 Å². The van der Waals surface area contributed by atoms with Crippen molar-refractivity contribution in [2.24, 2.45) is 5.73 Å². The van der Waals surface area contributed by atoms with Crippen LogP contribution in [-0.2, 0) is 4.79 Å². The third kappa shape index (κ3) is 5.63. The highest BCUT2D eigenvalue weighted by Gasteiger charge is 2.28. The van der Waals surface area contributed by atoms with Crippen LogP contribution in [0.5, 0.6) is 5.75 Å². The standard InChI is InChI=1S/C19H27F2N3O3/c1-12-9-14(10-13(2)17(12)27-19(20)21)18(26)24-8-4-3-5-15(24)11-23-16(25)6-7-22/h9-10,15,19H,3-8,11,22H2,1-2H3,(H,23,25). The Balaban J connectivity index is 2.15. The van der Waals surface area contributed by atoms with Crippen molar-refractivity contribution >= 4 is 11.8 Å². The second kappa shape index (κ2) is 9.64. The largest absolute Gasteiger partial charge is 0.434 e. The zero-order chi connectivity index (χ0) is 20.0. The van der Waals surface area contributed by atoms with Crippen molar-refractivity contribution in [3.63, 3.8) is 0 Å². The van der Waals surface area contributed by atoms with Gasteiger partial charge in [0.25, 0.3) is 5.91 Å². The molecule has 0 bridgehead atoms. The van der Waals surface area contributed by atoms with E-state index < -0.39 is 6.61 Å². The molecule has 2 rings (SSSR count). The van der Waals surface area contributed by atoms with Gasteiger partial charge in [-0.2, -0.15) is 8.78 Å². The second-order valence-corrected chi connectivity index (χ2v) is 6.81. The van der Waals surface area contributed by atoms with Gasteiger partial charge in [-0.3, -0.25) is 9.59 Å². The molecule has 0 radical (unpaired) electrons. The summed E-state index contributed by atoms with van der Waals surface area (Å²) in [7, 11) is 0. The van der Waals surface area contributed by atoms with Gasteiger partial charge in [-0.1, -0.05) is 0 Å². The molecule has 1 aliphatic heterocycles. The van der Waals surface area contributed by atoms with E-state index in [4.69, 9.17) is 5.73 Å². The molecule has 0 aromatic heterocycles. The predicted octanol–water partition coefficient (Wildman–Crippen LogP) is 2.36. The van der Waals surface area contributed by atoms with Crippen molar-refractivity contribution in [3.05, 3.63) is 28.8 Å². The number of aryl methyl sites for hydroxylation is 2. The topological polar surface area (TPSA) is 84.7 Å². The van der Waals surface area contributed by atoms with E-state index in [1.807, 2.05) is 0 Å². The van der Waals surface area contributed by atoms with Crippen LogP contribution in [0.3, 0.4) is 0 Å². The molecule has 0 saturated carbocycles. The number of halogens is 2. The summed E-state index contributed by atoms with van der Waals surface area (Å²) in [5.41, 5.74) is 6.79. The van der Waals surface area contributed by atoms with Crippen LogP contribution >= 0.6 is 0 Å². The van der Waals surface area contributed by atoms with Crippen LogP contribution in [0.25, 0.3) is 0 Å². The fraction of sp³-hybridized carbons (Fsp3) is 0.579. The third-order valence-corrected chi connectivity index (χ3v) is 4.71. The first-order valence-corrected chi connectivity index (χ1v) is 9.17. The monoisotopic (exact) mass is 383 g/mol. The van der Waals surface area contributed by atoms with Gasteiger partial charge in [0.15, 0.2) is 0 Å². The van der Waals surface area contributed by atoms with Crippen LogP contribution in [0.15, 0.2) is 12.1 Å². The summed E-state index contributed by atoms with van der Waals surface area (Å²) in [5.74, 6) is -0.191. The van der Waals surface area contributed by atoms with E-state index in [1.165, 1.54) is 0 Å². The van der Waals surface area contributed by atoms with Crippen molar-refractivity contribution < 1.29 is 23.1 Å². The molecule has 0 spiro atoms. The lowest BCUT2D eigenvalue weighted by Gasteiger charge is -2.36. The Morgan fingerprint density at radius 2 is 1.96 bits per heavy atom. The maximum Gasteiger partial charge on any atom is 0.387 e. The minimum absolute atomic E-state index is 0.0921. The summed E-state index contributed by atoms with van der Waals surface area (Å²) in [5, 5.41) is 2.83. The lowest BCUT2D eigenvalue weighted by molar-refractivity contribution is -0.121. The van der Waals surface area contributed by atoms with E-state index >= 15 is 0 Å². The van der Waals surface area contributed by atoms with Crippen LogP contribution in [0.1, 0.15) is 47.2 Å². The molecule has 1 atom stereocenters. The molecule has 1 unspecified atom stereocenters. The molecule has 27 heavy (non-hydrogen) atoms. The SMILES string of the molecule is Cc1cc(C(=O)N2CCCCC2CNC(=O)CCN)cc(C)c1OC(F)F.